The summed E-state index contributed by atoms with van der Waals surface area (Å²) in [7, 11) is 1.48. The molecule has 3 aromatic heterocycles. The highest BCUT2D eigenvalue weighted by atomic mass is 32.2. The Hall–Kier alpha value is -3.89. The summed E-state index contributed by atoms with van der Waals surface area (Å²) < 4.78 is 52.0. The molecule has 4 rings (SSSR count). The van der Waals surface area contributed by atoms with Crippen molar-refractivity contribution in [3.63, 3.8) is 0 Å². The first-order valence-electron chi connectivity index (χ1n) is 9.73. The third-order valence-electron chi connectivity index (χ3n) is 4.76. The third-order valence-corrected chi connectivity index (χ3v) is 6.63. The van der Waals surface area contributed by atoms with E-state index in [0.717, 1.165) is 10.7 Å². The number of hydrogen-bond acceptors (Lipinski definition) is 8. The van der Waals surface area contributed by atoms with Gasteiger partial charge in [0, 0.05) is 12.1 Å². The van der Waals surface area contributed by atoms with E-state index in [4.69, 9.17) is 9.26 Å². The Labute approximate surface area is 203 Å². The van der Waals surface area contributed by atoms with Crippen LogP contribution in [0.15, 0.2) is 62.2 Å². The molecular formula is C22H14F3N4O4S2+. The van der Waals surface area contributed by atoms with E-state index in [9.17, 15) is 28.0 Å². The van der Waals surface area contributed by atoms with Crippen molar-refractivity contribution in [2.45, 2.75) is 11.2 Å². The van der Waals surface area contributed by atoms with Crippen LogP contribution in [0.3, 0.4) is 0 Å². The van der Waals surface area contributed by atoms with Crippen LogP contribution in [0, 0.1) is 11.3 Å². The number of thioether (sulfide) groups is 1. The van der Waals surface area contributed by atoms with Gasteiger partial charge in [-0.05, 0) is 39.6 Å². The number of ketones is 1. The number of nitriles is 1. The average molecular weight is 520 g/mol. The van der Waals surface area contributed by atoms with Crippen LogP contribution >= 0.6 is 23.1 Å². The van der Waals surface area contributed by atoms with Gasteiger partial charge in [-0.3, -0.25) is 9.32 Å². The number of nitrogens with zero attached hydrogens (tertiary/aromatic N) is 3. The molecule has 0 spiro atoms. The zero-order valence-electron chi connectivity index (χ0n) is 17.8. The maximum absolute atomic E-state index is 13.7. The zero-order chi connectivity index (χ0) is 25.2. The van der Waals surface area contributed by atoms with E-state index in [1.165, 1.54) is 18.4 Å². The quantitative estimate of drug-likeness (QED) is 0.221. The number of aromatic amines is 1. The third kappa shape index (κ3) is 4.98. The Morgan fingerprint density at radius 3 is 2.66 bits per heavy atom. The Bertz CT molecular complexity index is 1470. The molecule has 4 aromatic rings. The number of nitrogens with one attached hydrogen (secondary N) is 1. The van der Waals surface area contributed by atoms with E-state index in [0.29, 0.717) is 28.1 Å². The molecule has 0 saturated carbocycles. The lowest BCUT2D eigenvalue weighted by atomic mass is 10.1. The molecule has 0 fully saturated rings. The molecule has 0 aliphatic rings. The number of thiophene rings is 1. The van der Waals surface area contributed by atoms with Gasteiger partial charge in [0.25, 0.3) is 0 Å². The monoisotopic (exact) mass is 519 g/mol. The van der Waals surface area contributed by atoms with Crippen LogP contribution in [0.4, 0.5) is 13.2 Å². The van der Waals surface area contributed by atoms with Crippen LogP contribution < -0.4 is 15.0 Å². The van der Waals surface area contributed by atoms with Gasteiger partial charge in [-0.15, -0.1) is 11.3 Å². The molecule has 13 heteroatoms. The number of hydrogen-bond donors (Lipinski definition) is 1. The van der Waals surface area contributed by atoms with Crippen molar-refractivity contribution in [1.82, 2.24) is 10.3 Å². The molecule has 8 nitrogen and oxygen atoms in total. The number of rotatable bonds is 7. The summed E-state index contributed by atoms with van der Waals surface area (Å²) in [6.45, 7) is 0. The second-order valence-corrected chi connectivity index (χ2v) is 8.81. The standard InChI is InChI=1S/C22H13F3N4O4S2/c1-32-13-6-4-12(5-7-13)29-19(21(31)33-28-29)17(30)11-35-20-14(10-26)15(22(23,24)25)9-16(27-20)18-3-2-8-34-18/h2-9H,11H2,1H3/p+1. The topological polar surface area (TPSA) is 113 Å². The first kappa shape index (κ1) is 24.2. The van der Waals surface area contributed by atoms with Gasteiger partial charge in [0.15, 0.2) is 0 Å². The van der Waals surface area contributed by atoms with Crippen molar-refractivity contribution in [1.29, 1.82) is 5.26 Å². The van der Waals surface area contributed by atoms with Crippen molar-refractivity contribution in [3.05, 3.63) is 75.1 Å². The number of carbonyl (C=O) groups excluding carboxylic acids is 1. The molecular weight excluding hydrogens is 505 g/mol. The molecule has 0 unspecified atom stereocenters. The van der Waals surface area contributed by atoms with E-state index in [1.807, 2.05) is 0 Å². The molecule has 0 radical (unpaired) electrons. The van der Waals surface area contributed by atoms with Gasteiger partial charge in [0.1, 0.15) is 16.8 Å². The van der Waals surface area contributed by atoms with Crippen molar-refractivity contribution >= 4 is 28.9 Å². The van der Waals surface area contributed by atoms with Gasteiger partial charge in [0.2, 0.25) is 11.5 Å². The van der Waals surface area contributed by atoms with E-state index >= 15 is 0 Å². The molecule has 178 valence electrons. The highest BCUT2D eigenvalue weighted by Gasteiger charge is 2.37. The predicted octanol–water partition coefficient (Wildman–Crippen LogP) is 4.24. The molecule has 3 heterocycles. The maximum Gasteiger partial charge on any atom is 0.438 e. The number of methoxy groups -OCH3 is 1. The van der Waals surface area contributed by atoms with Crippen LogP contribution in [0.25, 0.3) is 16.3 Å². The highest BCUT2D eigenvalue weighted by Crippen LogP contribution is 2.38. The van der Waals surface area contributed by atoms with Gasteiger partial charge >= 0.3 is 17.5 Å². The number of carbonyl (C=O) groups is 1. The Morgan fingerprint density at radius 1 is 1.31 bits per heavy atom. The van der Waals surface area contributed by atoms with Gasteiger partial charge in [0.05, 0.1) is 34.6 Å². The number of pyridine rings is 1. The lowest BCUT2D eigenvalue weighted by molar-refractivity contribution is -0.672. The number of benzene rings is 1. The van der Waals surface area contributed by atoms with Crippen molar-refractivity contribution in [3.8, 4) is 28.1 Å². The summed E-state index contributed by atoms with van der Waals surface area (Å²) in [5.41, 5.74) is -2.76. The molecule has 0 aliphatic carbocycles. The Balaban J connectivity index is 1.68. The number of ether oxygens (including phenoxy) is 1. The summed E-state index contributed by atoms with van der Waals surface area (Å²) in [6, 6.07) is 12.0. The van der Waals surface area contributed by atoms with E-state index in [2.05, 4.69) is 10.3 Å². The fourth-order valence-electron chi connectivity index (χ4n) is 3.13. The van der Waals surface area contributed by atoms with Crippen molar-refractivity contribution in [2.75, 3.05) is 12.9 Å². The zero-order valence-corrected chi connectivity index (χ0v) is 19.4. The van der Waals surface area contributed by atoms with E-state index in [-0.39, 0.29) is 16.4 Å². The van der Waals surface area contributed by atoms with Gasteiger partial charge in [-0.25, -0.2) is 9.78 Å². The minimum Gasteiger partial charge on any atom is -0.497 e. The minimum atomic E-state index is -4.81. The SMILES string of the molecule is COc1ccc(-[n+]2[nH]oc(=O)c2C(=O)CSc2nc(-c3cccs3)cc(C(F)(F)F)c2C#N)cc1. The lowest BCUT2D eigenvalue weighted by Gasteiger charge is -2.13. The summed E-state index contributed by atoms with van der Waals surface area (Å²) >= 11 is 1.82. The smallest absolute Gasteiger partial charge is 0.438 e. The number of alkyl halides is 3. The molecule has 0 aliphatic heterocycles. The molecule has 1 N–H and O–H groups in total. The first-order chi connectivity index (χ1) is 16.7. The lowest BCUT2D eigenvalue weighted by Crippen LogP contribution is -2.41. The Kier molecular flexibility index (Phi) is 6.77. The fraction of sp³-hybridized carbons (Fsp3) is 0.136. The second kappa shape index (κ2) is 9.77. The number of aromatic nitrogens is 3. The largest absolute Gasteiger partial charge is 0.497 e. The average Bonchev–Trinajstić information content (AvgIpc) is 3.51. The van der Waals surface area contributed by atoms with Crippen LogP contribution in [-0.2, 0) is 6.18 Å². The van der Waals surface area contributed by atoms with Crippen molar-refractivity contribution in [2.24, 2.45) is 0 Å². The normalized spacial score (nSPS) is 11.3. The molecule has 35 heavy (non-hydrogen) atoms. The molecule has 1 aromatic carbocycles. The van der Waals surface area contributed by atoms with Gasteiger partial charge in [-0.2, -0.15) is 18.4 Å². The predicted molar refractivity (Wildman–Crippen MR) is 120 cm³/mol. The van der Waals surface area contributed by atoms with Gasteiger partial charge < -0.3 is 4.74 Å². The van der Waals surface area contributed by atoms with Crippen LogP contribution in [0.1, 0.15) is 21.6 Å². The molecule has 0 atom stereocenters. The minimum absolute atomic E-state index is 0.0238. The van der Waals surface area contributed by atoms with Crippen LogP contribution in [-0.4, -0.2) is 28.9 Å². The van der Waals surface area contributed by atoms with Crippen molar-refractivity contribution < 1.29 is 31.9 Å². The molecule has 0 saturated heterocycles. The summed E-state index contributed by atoms with van der Waals surface area (Å²) in [5.74, 6) is -0.655. The summed E-state index contributed by atoms with van der Waals surface area (Å²) in [4.78, 5) is 29.8. The van der Waals surface area contributed by atoms with Crippen LogP contribution in [0.2, 0.25) is 0 Å². The Morgan fingerprint density at radius 2 is 2.06 bits per heavy atom. The highest BCUT2D eigenvalue weighted by molar-refractivity contribution is 8.00. The summed E-state index contributed by atoms with van der Waals surface area (Å²) in [5, 5.41) is 13.2. The maximum atomic E-state index is 13.7. The second-order valence-electron chi connectivity index (χ2n) is 6.90. The molecule has 0 amide bonds. The number of H-pyrrole nitrogens is 1. The van der Waals surface area contributed by atoms with E-state index in [1.54, 1.807) is 47.8 Å². The van der Waals surface area contributed by atoms with E-state index < -0.39 is 34.5 Å². The first-order valence-corrected chi connectivity index (χ1v) is 11.6. The summed E-state index contributed by atoms with van der Waals surface area (Å²) in [6.07, 6.45) is -4.81. The fourth-order valence-corrected chi connectivity index (χ4v) is 4.69. The number of Topliss-reactive ketones (excluding diaryl/α,β-unsaturated/α-hetero) is 1. The molecule has 0 bridgehead atoms. The van der Waals surface area contributed by atoms with Crippen LogP contribution in [0.5, 0.6) is 5.75 Å². The number of halogens is 3. The van der Waals surface area contributed by atoms with Gasteiger partial charge in [-0.1, -0.05) is 17.8 Å².